The van der Waals surface area contributed by atoms with Gasteiger partial charge in [0.15, 0.2) is 11.9 Å². The number of esters is 1. The van der Waals surface area contributed by atoms with Gasteiger partial charge in [-0.2, -0.15) is 0 Å². The van der Waals surface area contributed by atoms with Gasteiger partial charge in [0.25, 0.3) is 0 Å². The van der Waals surface area contributed by atoms with E-state index in [-0.39, 0.29) is 44.4 Å². The van der Waals surface area contributed by atoms with Crippen molar-refractivity contribution in [1.29, 1.82) is 0 Å². The fourth-order valence-electron chi connectivity index (χ4n) is 3.42. The Labute approximate surface area is 221 Å². The van der Waals surface area contributed by atoms with Crippen molar-refractivity contribution in [2.45, 2.75) is 50.3 Å². The third-order valence-electron chi connectivity index (χ3n) is 5.64. The maximum atomic E-state index is 12.0. The number of carbonyl (C=O) groups excluding carboxylic acids is 2. The molecule has 2 rings (SSSR count). The number of hydrogen-bond acceptors (Lipinski definition) is 13. The predicted octanol–water partition coefficient (Wildman–Crippen LogP) is 0.169. The molecule has 1 saturated heterocycles. The van der Waals surface area contributed by atoms with Gasteiger partial charge in [0.1, 0.15) is 18.8 Å². The molecule has 4 atom stereocenters. The number of allylic oxidation sites excluding steroid dienone is 1. The second-order valence-corrected chi connectivity index (χ2v) is 8.69. The molecular weight excluding hydrogens is 508 g/mol. The Balaban J connectivity index is 1.36. The molecule has 0 aromatic rings. The SMILES string of the molecule is C[C@]1(OO)C=C(CCNC(=O)CCC(=O)OCCOCCOCCOCCOC2OC2CN)C=CC1OO. The predicted molar refractivity (Wildman–Crippen MR) is 131 cm³/mol. The van der Waals surface area contributed by atoms with E-state index in [9.17, 15) is 9.59 Å². The monoisotopic (exact) mass is 548 g/mol. The van der Waals surface area contributed by atoms with E-state index in [1.165, 1.54) is 0 Å². The molecule has 218 valence electrons. The fraction of sp³-hybridized carbons (Fsp3) is 0.750. The van der Waals surface area contributed by atoms with Crippen molar-refractivity contribution < 1.29 is 58.3 Å². The fourth-order valence-corrected chi connectivity index (χ4v) is 3.42. The van der Waals surface area contributed by atoms with Crippen LogP contribution in [0.15, 0.2) is 23.8 Å². The van der Waals surface area contributed by atoms with Gasteiger partial charge in [-0.1, -0.05) is 6.08 Å². The molecule has 0 saturated carbocycles. The molecule has 1 aliphatic heterocycles. The summed E-state index contributed by atoms with van der Waals surface area (Å²) >= 11 is 0. The van der Waals surface area contributed by atoms with Crippen LogP contribution in [0, 0.1) is 0 Å². The number of epoxide rings is 1. The lowest BCUT2D eigenvalue weighted by molar-refractivity contribution is -0.366. The summed E-state index contributed by atoms with van der Waals surface area (Å²) in [6.07, 6.45) is 4.21. The van der Waals surface area contributed by atoms with Crippen LogP contribution in [0.3, 0.4) is 0 Å². The highest BCUT2D eigenvalue weighted by Crippen LogP contribution is 2.27. The first-order chi connectivity index (χ1) is 18.4. The lowest BCUT2D eigenvalue weighted by Crippen LogP contribution is -2.41. The molecule has 2 aliphatic rings. The highest BCUT2D eigenvalue weighted by molar-refractivity contribution is 5.81. The van der Waals surface area contributed by atoms with Crippen LogP contribution < -0.4 is 11.1 Å². The Bertz CT molecular complexity index is 765. The van der Waals surface area contributed by atoms with Crippen molar-refractivity contribution in [3.63, 3.8) is 0 Å². The van der Waals surface area contributed by atoms with Crippen LogP contribution in [-0.4, -0.2) is 112 Å². The van der Waals surface area contributed by atoms with Gasteiger partial charge in [-0.15, -0.1) is 0 Å². The Kier molecular flexibility index (Phi) is 15.6. The van der Waals surface area contributed by atoms with E-state index in [1.807, 2.05) is 0 Å². The van der Waals surface area contributed by atoms with E-state index < -0.39 is 17.7 Å². The zero-order valence-corrected chi connectivity index (χ0v) is 21.7. The number of nitrogens with one attached hydrogen (secondary N) is 1. The van der Waals surface area contributed by atoms with Crippen LogP contribution in [0.1, 0.15) is 26.2 Å². The molecule has 14 heteroatoms. The molecule has 1 fully saturated rings. The van der Waals surface area contributed by atoms with E-state index in [0.717, 1.165) is 5.57 Å². The Hall–Kier alpha value is -1.98. The van der Waals surface area contributed by atoms with E-state index in [2.05, 4.69) is 15.1 Å². The van der Waals surface area contributed by atoms with Crippen molar-refractivity contribution >= 4 is 11.9 Å². The minimum Gasteiger partial charge on any atom is -0.463 e. The number of nitrogens with two attached hydrogens (primary N) is 1. The molecule has 0 radical (unpaired) electrons. The zero-order valence-electron chi connectivity index (χ0n) is 21.7. The highest BCUT2D eigenvalue weighted by Gasteiger charge is 2.38. The second kappa shape index (κ2) is 18.3. The highest BCUT2D eigenvalue weighted by atomic mass is 17.1. The number of ether oxygens (including phenoxy) is 6. The summed E-state index contributed by atoms with van der Waals surface area (Å²) in [5.74, 6) is -0.779. The minimum absolute atomic E-state index is 0.00289. The van der Waals surface area contributed by atoms with Gasteiger partial charge in [-0.25, -0.2) is 9.78 Å². The van der Waals surface area contributed by atoms with Gasteiger partial charge >= 0.3 is 5.97 Å². The molecule has 1 heterocycles. The zero-order chi connectivity index (χ0) is 27.6. The van der Waals surface area contributed by atoms with Crippen molar-refractivity contribution in [3.8, 4) is 0 Å². The van der Waals surface area contributed by atoms with Gasteiger partial charge in [0.05, 0.1) is 52.7 Å². The van der Waals surface area contributed by atoms with E-state index in [0.29, 0.717) is 59.2 Å². The van der Waals surface area contributed by atoms with Gasteiger partial charge in [0.2, 0.25) is 5.91 Å². The number of carbonyl (C=O) groups is 2. The molecular formula is C24H40N2O12. The first kappa shape index (κ1) is 32.2. The average molecular weight is 549 g/mol. The van der Waals surface area contributed by atoms with Crippen molar-refractivity contribution in [2.75, 3.05) is 65.9 Å². The normalized spacial score (nSPS) is 24.2. The molecule has 0 aromatic heterocycles. The Morgan fingerprint density at radius 3 is 2.29 bits per heavy atom. The summed E-state index contributed by atoms with van der Waals surface area (Å²) in [6, 6.07) is 0. The summed E-state index contributed by atoms with van der Waals surface area (Å²) in [5.41, 5.74) is 4.96. The molecule has 38 heavy (non-hydrogen) atoms. The minimum atomic E-state index is -1.24. The summed E-state index contributed by atoms with van der Waals surface area (Å²) in [7, 11) is 0. The summed E-state index contributed by atoms with van der Waals surface area (Å²) in [5, 5.41) is 20.7. The van der Waals surface area contributed by atoms with Crippen molar-refractivity contribution in [1.82, 2.24) is 5.32 Å². The molecule has 3 unspecified atom stereocenters. The molecule has 14 nitrogen and oxygen atoms in total. The topological polar surface area (TPSA) is 190 Å². The standard InChI is InChI=1S/C24H40N2O12/c1-24(38-30)16-18(2-3-20(24)37-29)6-7-26-21(27)4-5-22(28)34-14-12-32-10-8-31-9-11-33-13-15-35-23-19(17-25)36-23/h2-3,16,19-20,23,29-30H,4-15,17,25H2,1H3,(H,26,27)/t19?,20?,23?,24-/m0/s1. The second-order valence-electron chi connectivity index (χ2n) is 8.69. The third-order valence-corrected chi connectivity index (χ3v) is 5.64. The van der Waals surface area contributed by atoms with Crippen LogP contribution in [0.25, 0.3) is 0 Å². The lowest BCUT2D eigenvalue weighted by Gasteiger charge is -2.30. The third kappa shape index (κ3) is 12.7. The van der Waals surface area contributed by atoms with Crippen LogP contribution in [-0.2, 0) is 47.8 Å². The van der Waals surface area contributed by atoms with E-state index in [1.54, 1.807) is 25.2 Å². The smallest absolute Gasteiger partial charge is 0.306 e. The maximum absolute atomic E-state index is 12.0. The first-order valence-electron chi connectivity index (χ1n) is 12.6. The molecule has 0 spiro atoms. The maximum Gasteiger partial charge on any atom is 0.306 e. The molecule has 1 aliphatic carbocycles. The van der Waals surface area contributed by atoms with Crippen LogP contribution >= 0.6 is 0 Å². The van der Waals surface area contributed by atoms with E-state index in [4.69, 9.17) is 44.7 Å². The lowest BCUT2D eigenvalue weighted by atomic mass is 9.89. The largest absolute Gasteiger partial charge is 0.463 e. The number of rotatable bonds is 22. The Morgan fingerprint density at radius 2 is 1.68 bits per heavy atom. The van der Waals surface area contributed by atoms with Crippen LogP contribution in [0.2, 0.25) is 0 Å². The van der Waals surface area contributed by atoms with Crippen LogP contribution in [0.5, 0.6) is 0 Å². The molecule has 0 aromatic carbocycles. The number of hydrogen-bond donors (Lipinski definition) is 4. The summed E-state index contributed by atoms with van der Waals surface area (Å²) in [4.78, 5) is 32.4. The van der Waals surface area contributed by atoms with Gasteiger partial charge < -0.3 is 39.5 Å². The van der Waals surface area contributed by atoms with Crippen molar-refractivity contribution in [3.05, 3.63) is 23.8 Å². The average Bonchev–Trinajstić information content (AvgIpc) is 3.68. The Morgan fingerprint density at radius 1 is 1.03 bits per heavy atom. The van der Waals surface area contributed by atoms with Crippen LogP contribution in [0.4, 0.5) is 0 Å². The van der Waals surface area contributed by atoms with Gasteiger partial charge in [-0.05, 0) is 31.1 Å². The summed E-state index contributed by atoms with van der Waals surface area (Å²) < 4.78 is 31.6. The van der Waals surface area contributed by atoms with Crippen molar-refractivity contribution in [2.24, 2.45) is 5.73 Å². The van der Waals surface area contributed by atoms with E-state index >= 15 is 0 Å². The molecule has 5 N–H and O–H groups in total. The molecule has 1 amide bonds. The number of amides is 1. The first-order valence-corrected chi connectivity index (χ1v) is 12.6. The summed E-state index contributed by atoms with van der Waals surface area (Å²) in [6.45, 7) is 5.12. The van der Waals surface area contributed by atoms with Gasteiger partial charge in [-0.3, -0.25) is 20.1 Å². The van der Waals surface area contributed by atoms with Gasteiger partial charge in [0, 0.05) is 19.5 Å². The molecule has 0 bridgehead atoms. The quantitative estimate of drug-likeness (QED) is 0.0471.